The maximum absolute atomic E-state index is 13.3. The molecule has 3 N–H and O–H groups in total. The number of amides is 3. The summed E-state index contributed by atoms with van der Waals surface area (Å²) in [5, 5.41) is 15.8. The summed E-state index contributed by atoms with van der Waals surface area (Å²) in [7, 11) is 1.58. The first-order valence-corrected chi connectivity index (χ1v) is 10.9. The molecule has 0 bridgehead atoms. The number of hydrogen-bond donors (Lipinski definition) is 3. The first kappa shape index (κ1) is 21.7. The Hall–Kier alpha value is -3.54. The third-order valence-electron chi connectivity index (χ3n) is 6.30. The van der Waals surface area contributed by atoms with Crippen LogP contribution < -0.4 is 15.4 Å². The van der Waals surface area contributed by atoms with E-state index in [1.165, 1.54) is 0 Å². The number of carbonyl (C=O) groups excluding carboxylic acids is 3. The van der Waals surface area contributed by atoms with Crippen molar-refractivity contribution in [3.05, 3.63) is 30.0 Å². The number of H-pyrrole nitrogens is 1. The van der Waals surface area contributed by atoms with Crippen LogP contribution in [0.25, 0.3) is 10.9 Å². The fraction of sp³-hybridized carbons (Fsp3) is 0.478. The van der Waals surface area contributed by atoms with Gasteiger partial charge >= 0.3 is 0 Å². The molecule has 9 heteroatoms. The summed E-state index contributed by atoms with van der Waals surface area (Å²) < 4.78 is 5.37. The number of aromatic amines is 1. The fourth-order valence-electron chi connectivity index (χ4n) is 4.66. The molecule has 2 aliphatic heterocycles. The fourth-order valence-corrected chi connectivity index (χ4v) is 4.66. The molecule has 0 spiro atoms. The average Bonchev–Trinajstić information content (AvgIpc) is 3.50. The number of nitrogens with zero attached hydrogens (tertiary/aromatic N) is 2. The number of benzene rings is 1. The molecule has 3 heterocycles. The highest BCUT2D eigenvalue weighted by Crippen LogP contribution is 2.29. The molecule has 1 unspecified atom stereocenters. The van der Waals surface area contributed by atoms with Crippen molar-refractivity contribution < 1.29 is 19.1 Å². The summed E-state index contributed by atoms with van der Waals surface area (Å²) in [6, 6.07) is 7.91. The molecule has 4 atom stereocenters. The predicted molar refractivity (Wildman–Crippen MR) is 117 cm³/mol. The molecular weight excluding hydrogens is 410 g/mol. The van der Waals surface area contributed by atoms with Crippen molar-refractivity contribution in [2.45, 2.75) is 38.3 Å². The number of ether oxygens (including phenoxy) is 1. The highest BCUT2D eigenvalue weighted by Gasteiger charge is 2.39. The molecule has 2 aliphatic rings. The van der Waals surface area contributed by atoms with Crippen LogP contribution in [-0.2, 0) is 9.59 Å². The minimum atomic E-state index is -0.776. The van der Waals surface area contributed by atoms with Crippen LogP contribution in [0.4, 0.5) is 0 Å². The molecule has 2 saturated heterocycles. The van der Waals surface area contributed by atoms with Gasteiger partial charge in [0.1, 0.15) is 23.5 Å². The Labute approximate surface area is 186 Å². The van der Waals surface area contributed by atoms with Crippen LogP contribution >= 0.6 is 0 Å². The Morgan fingerprint density at radius 1 is 1.41 bits per heavy atom. The Kier molecular flexibility index (Phi) is 6.04. The number of hydrogen-bond acceptors (Lipinski definition) is 5. The van der Waals surface area contributed by atoms with Gasteiger partial charge in [0.15, 0.2) is 0 Å². The van der Waals surface area contributed by atoms with Crippen LogP contribution in [0.3, 0.4) is 0 Å². The number of aromatic nitrogens is 1. The van der Waals surface area contributed by atoms with E-state index in [0.29, 0.717) is 37.4 Å². The highest BCUT2D eigenvalue weighted by molar-refractivity contribution is 6.01. The largest absolute Gasteiger partial charge is 0.496 e. The Morgan fingerprint density at radius 2 is 2.22 bits per heavy atom. The molecular formula is C23H27N5O4. The van der Waals surface area contributed by atoms with Gasteiger partial charge in [0, 0.05) is 29.9 Å². The van der Waals surface area contributed by atoms with Gasteiger partial charge in [-0.05, 0) is 43.4 Å². The lowest BCUT2D eigenvalue weighted by Gasteiger charge is -2.25. The first-order valence-electron chi connectivity index (χ1n) is 10.9. The first-order chi connectivity index (χ1) is 15.4. The third-order valence-corrected chi connectivity index (χ3v) is 6.30. The second kappa shape index (κ2) is 8.91. The van der Waals surface area contributed by atoms with Gasteiger partial charge in [-0.1, -0.05) is 13.0 Å². The van der Waals surface area contributed by atoms with E-state index in [2.05, 4.69) is 21.7 Å². The normalized spacial score (nSPS) is 23.6. The van der Waals surface area contributed by atoms with E-state index in [-0.39, 0.29) is 36.0 Å². The monoisotopic (exact) mass is 437 g/mol. The van der Waals surface area contributed by atoms with E-state index < -0.39 is 12.1 Å². The second-order valence-corrected chi connectivity index (χ2v) is 8.62. The average molecular weight is 438 g/mol. The van der Waals surface area contributed by atoms with Gasteiger partial charge in [0.2, 0.25) is 11.8 Å². The number of likely N-dealkylation sites (tertiary alicyclic amines) is 1. The summed E-state index contributed by atoms with van der Waals surface area (Å²) in [6.45, 7) is 3.03. The SMILES string of the molecule is COc1cccc2[nH]c(C(=O)N3C[C@H](C)CC3C(=O)N[C@H](C#N)C[C@@H]3CCNC3=O)cc12. The van der Waals surface area contributed by atoms with Gasteiger partial charge in [0.25, 0.3) is 5.91 Å². The van der Waals surface area contributed by atoms with Crippen LogP contribution in [0.1, 0.15) is 36.7 Å². The molecule has 0 radical (unpaired) electrons. The lowest BCUT2D eigenvalue weighted by Crippen LogP contribution is -2.49. The molecule has 3 amide bonds. The van der Waals surface area contributed by atoms with Gasteiger partial charge in [0.05, 0.1) is 13.2 Å². The molecule has 0 saturated carbocycles. The van der Waals surface area contributed by atoms with E-state index in [1.807, 2.05) is 25.1 Å². The maximum Gasteiger partial charge on any atom is 0.270 e. The minimum Gasteiger partial charge on any atom is -0.496 e. The van der Waals surface area contributed by atoms with Gasteiger partial charge in [-0.3, -0.25) is 14.4 Å². The molecule has 0 aliphatic carbocycles. The second-order valence-electron chi connectivity index (χ2n) is 8.62. The summed E-state index contributed by atoms with van der Waals surface area (Å²) in [4.78, 5) is 42.9. The van der Waals surface area contributed by atoms with Gasteiger partial charge in [-0.25, -0.2) is 0 Å². The summed E-state index contributed by atoms with van der Waals surface area (Å²) >= 11 is 0. The lowest BCUT2D eigenvalue weighted by molar-refractivity contribution is -0.126. The van der Waals surface area contributed by atoms with E-state index in [9.17, 15) is 19.6 Å². The van der Waals surface area contributed by atoms with Crippen molar-refractivity contribution in [2.75, 3.05) is 20.2 Å². The standard InChI is InChI=1S/C23H27N5O4/c1-13-8-19(22(30)26-15(11-24)9-14-6-7-25-21(14)29)28(12-13)23(31)18-10-16-17(27-18)4-3-5-20(16)32-2/h3-5,10,13-15,19,27H,6-9,12H2,1-2H3,(H,25,29)(H,26,30)/t13-,14+,15+,19?/m1/s1. The number of carbonyl (C=O) groups is 3. The number of nitrogens with one attached hydrogen (secondary N) is 3. The van der Waals surface area contributed by atoms with Crippen LogP contribution in [-0.4, -0.2) is 59.9 Å². The molecule has 168 valence electrons. The predicted octanol–water partition coefficient (Wildman–Crippen LogP) is 1.56. The molecule has 1 aromatic carbocycles. The van der Waals surface area contributed by atoms with Gasteiger partial charge in [-0.15, -0.1) is 0 Å². The zero-order chi connectivity index (χ0) is 22.8. The number of fused-ring (bicyclic) bond motifs is 1. The summed E-state index contributed by atoms with van der Waals surface area (Å²) in [5.41, 5.74) is 1.16. The molecule has 9 nitrogen and oxygen atoms in total. The van der Waals surface area contributed by atoms with Crippen molar-refractivity contribution in [2.24, 2.45) is 11.8 Å². The molecule has 2 fully saturated rings. The molecule has 2 aromatic rings. The number of methoxy groups -OCH3 is 1. The van der Waals surface area contributed by atoms with Crippen LogP contribution in [0, 0.1) is 23.2 Å². The Morgan fingerprint density at radius 3 is 2.91 bits per heavy atom. The van der Waals surface area contributed by atoms with Crippen molar-refractivity contribution in [3.8, 4) is 11.8 Å². The summed E-state index contributed by atoms with van der Waals surface area (Å²) in [5.74, 6) is -0.177. The zero-order valence-corrected chi connectivity index (χ0v) is 18.2. The van der Waals surface area contributed by atoms with Crippen LogP contribution in [0.2, 0.25) is 0 Å². The Bertz CT molecular complexity index is 1090. The lowest BCUT2D eigenvalue weighted by atomic mass is 9.98. The maximum atomic E-state index is 13.3. The quantitative estimate of drug-likeness (QED) is 0.632. The van der Waals surface area contributed by atoms with Crippen molar-refractivity contribution in [3.63, 3.8) is 0 Å². The molecule has 4 rings (SSSR count). The number of nitriles is 1. The highest BCUT2D eigenvalue weighted by atomic mass is 16.5. The van der Waals surface area contributed by atoms with Crippen LogP contribution in [0.5, 0.6) is 5.75 Å². The zero-order valence-electron chi connectivity index (χ0n) is 18.2. The topological polar surface area (TPSA) is 127 Å². The van der Waals surface area contributed by atoms with Crippen molar-refractivity contribution >= 4 is 28.6 Å². The van der Waals surface area contributed by atoms with E-state index in [0.717, 1.165) is 10.9 Å². The summed E-state index contributed by atoms with van der Waals surface area (Å²) in [6.07, 6.45) is 1.44. The number of rotatable bonds is 6. The van der Waals surface area contributed by atoms with E-state index in [1.54, 1.807) is 18.1 Å². The minimum absolute atomic E-state index is 0.0833. The molecule has 1 aromatic heterocycles. The van der Waals surface area contributed by atoms with Gasteiger partial charge in [-0.2, -0.15) is 5.26 Å². The van der Waals surface area contributed by atoms with E-state index in [4.69, 9.17) is 4.74 Å². The third kappa shape index (κ3) is 4.13. The van der Waals surface area contributed by atoms with E-state index >= 15 is 0 Å². The smallest absolute Gasteiger partial charge is 0.270 e. The van der Waals surface area contributed by atoms with Gasteiger partial charge < -0.3 is 25.3 Å². The van der Waals surface area contributed by atoms with Crippen molar-refractivity contribution in [1.82, 2.24) is 20.5 Å². The van der Waals surface area contributed by atoms with Crippen molar-refractivity contribution in [1.29, 1.82) is 5.26 Å². The Balaban J connectivity index is 1.50. The van der Waals surface area contributed by atoms with Crippen LogP contribution in [0.15, 0.2) is 24.3 Å². The molecule has 32 heavy (non-hydrogen) atoms.